The number of benzene rings is 2. The van der Waals surface area contributed by atoms with Gasteiger partial charge >= 0.3 is 0 Å². The van der Waals surface area contributed by atoms with Gasteiger partial charge in [0.25, 0.3) is 5.91 Å². The second kappa shape index (κ2) is 10.6. The highest BCUT2D eigenvalue weighted by Gasteiger charge is 2.27. The van der Waals surface area contributed by atoms with E-state index in [0.29, 0.717) is 62.1 Å². The lowest BCUT2D eigenvalue weighted by molar-refractivity contribution is 0.102. The molecule has 10 heteroatoms. The van der Waals surface area contributed by atoms with Crippen molar-refractivity contribution in [2.24, 2.45) is 0 Å². The number of rotatable bonds is 8. The van der Waals surface area contributed by atoms with Crippen LogP contribution in [0.25, 0.3) is 11.3 Å². The van der Waals surface area contributed by atoms with Crippen LogP contribution in [0.3, 0.4) is 0 Å². The molecule has 1 aliphatic heterocycles. The van der Waals surface area contributed by atoms with E-state index in [9.17, 15) is 13.2 Å². The van der Waals surface area contributed by atoms with Crippen LogP contribution in [0.4, 0.5) is 11.4 Å². The van der Waals surface area contributed by atoms with Crippen molar-refractivity contribution in [1.82, 2.24) is 9.46 Å². The van der Waals surface area contributed by atoms with Crippen LogP contribution in [-0.2, 0) is 14.8 Å². The Labute approximate surface area is 205 Å². The lowest BCUT2D eigenvalue weighted by Crippen LogP contribution is -2.37. The number of sulfonamides is 1. The molecule has 1 aromatic heterocycles. The highest BCUT2D eigenvalue weighted by Crippen LogP contribution is 2.33. The SMILES string of the molecule is CCN(CC)S(=O)(=O)c1ccc(N2CCOCC2)c(NC(=O)c2c(-c3ccccc3)noc2C)c1. The van der Waals surface area contributed by atoms with Crippen LogP contribution in [0.5, 0.6) is 0 Å². The molecule has 0 bridgehead atoms. The molecule has 1 N–H and O–H groups in total. The number of hydrogen-bond donors (Lipinski definition) is 1. The lowest BCUT2D eigenvalue weighted by Gasteiger charge is -2.31. The molecule has 0 saturated carbocycles. The first kappa shape index (κ1) is 24.9. The number of amides is 1. The normalized spacial score (nSPS) is 14.3. The first-order valence-corrected chi connectivity index (χ1v) is 13.1. The minimum Gasteiger partial charge on any atom is -0.378 e. The Bertz CT molecular complexity index is 1280. The summed E-state index contributed by atoms with van der Waals surface area (Å²) in [6.07, 6.45) is 0. The van der Waals surface area contributed by atoms with Crippen LogP contribution in [-0.4, -0.2) is 63.2 Å². The van der Waals surface area contributed by atoms with E-state index in [1.165, 1.54) is 10.4 Å². The summed E-state index contributed by atoms with van der Waals surface area (Å²) in [4.78, 5) is 15.7. The van der Waals surface area contributed by atoms with Gasteiger partial charge in [-0.2, -0.15) is 4.31 Å². The number of anilines is 2. The van der Waals surface area contributed by atoms with Crippen LogP contribution < -0.4 is 10.2 Å². The fraction of sp³-hybridized carbons (Fsp3) is 0.360. The Morgan fingerprint density at radius 2 is 1.77 bits per heavy atom. The molecule has 0 aliphatic carbocycles. The highest BCUT2D eigenvalue weighted by atomic mass is 32.2. The Balaban J connectivity index is 1.75. The molecule has 2 aromatic carbocycles. The summed E-state index contributed by atoms with van der Waals surface area (Å²) < 4.78 is 38.6. The average molecular weight is 499 g/mol. The van der Waals surface area contributed by atoms with E-state index in [-0.39, 0.29) is 4.90 Å². The number of ether oxygens (including phenoxy) is 1. The standard InChI is InChI=1S/C25H30N4O5S/c1-4-29(5-2)35(31,32)20-11-12-22(28-13-15-33-16-14-28)21(17-20)26-25(30)23-18(3)34-27-24(23)19-9-7-6-8-10-19/h6-12,17H,4-5,13-16H2,1-3H3,(H,26,30). The Kier molecular flexibility index (Phi) is 7.54. The van der Waals surface area contributed by atoms with Gasteiger partial charge in [-0.05, 0) is 25.1 Å². The van der Waals surface area contributed by atoms with Crippen molar-refractivity contribution in [1.29, 1.82) is 0 Å². The van der Waals surface area contributed by atoms with Gasteiger partial charge in [0.15, 0.2) is 0 Å². The van der Waals surface area contributed by atoms with Crippen LogP contribution >= 0.6 is 0 Å². The van der Waals surface area contributed by atoms with Gasteiger partial charge in [0, 0.05) is 31.7 Å². The van der Waals surface area contributed by atoms with E-state index in [1.54, 1.807) is 32.9 Å². The first-order chi connectivity index (χ1) is 16.9. The molecule has 3 aromatic rings. The molecule has 1 amide bonds. The van der Waals surface area contributed by atoms with Crippen molar-refractivity contribution in [3.05, 3.63) is 59.9 Å². The number of carbonyl (C=O) groups is 1. The molecular weight excluding hydrogens is 468 g/mol. The molecule has 0 spiro atoms. The second-order valence-corrected chi connectivity index (χ2v) is 10.1. The molecular formula is C25H30N4O5S. The molecule has 35 heavy (non-hydrogen) atoms. The fourth-order valence-electron chi connectivity index (χ4n) is 4.19. The van der Waals surface area contributed by atoms with Gasteiger partial charge in [-0.1, -0.05) is 49.3 Å². The zero-order valence-corrected chi connectivity index (χ0v) is 21.0. The topological polar surface area (TPSA) is 105 Å². The van der Waals surface area contributed by atoms with E-state index in [2.05, 4.69) is 15.4 Å². The van der Waals surface area contributed by atoms with Gasteiger partial charge in [0.05, 0.1) is 29.5 Å². The average Bonchev–Trinajstić information content (AvgIpc) is 3.27. The molecule has 4 rings (SSSR count). The lowest BCUT2D eigenvalue weighted by atomic mass is 10.1. The second-order valence-electron chi connectivity index (χ2n) is 8.15. The molecule has 1 saturated heterocycles. The summed E-state index contributed by atoms with van der Waals surface area (Å²) in [5.41, 5.74) is 2.63. The number of aromatic nitrogens is 1. The number of hydrogen-bond acceptors (Lipinski definition) is 7. The van der Waals surface area contributed by atoms with Gasteiger partial charge in [0.1, 0.15) is 17.0 Å². The van der Waals surface area contributed by atoms with Crippen molar-refractivity contribution < 1.29 is 22.5 Å². The van der Waals surface area contributed by atoms with Gasteiger partial charge in [-0.15, -0.1) is 0 Å². The van der Waals surface area contributed by atoms with Crippen LogP contribution in [0, 0.1) is 6.92 Å². The summed E-state index contributed by atoms with van der Waals surface area (Å²) in [6.45, 7) is 8.35. The fourth-order valence-corrected chi connectivity index (χ4v) is 5.67. The predicted octanol–water partition coefficient (Wildman–Crippen LogP) is 3.77. The Hall–Kier alpha value is -3.21. The Morgan fingerprint density at radius 3 is 2.43 bits per heavy atom. The number of morpholine rings is 1. The number of nitrogens with one attached hydrogen (secondary N) is 1. The van der Waals surface area contributed by atoms with E-state index in [0.717, 1.165) is 11.3 Å². The molecule has 0 radical (unpaired) electrons. The molecule has 186 valence electrons. The molecule has 0 unspecified atom stereocenters. The molecule has 1 aliphatic rings. The highest BCUT2D eigenvalue weighted by molar-refractivity contribution is 7.89. The van der Waals surface area contributed by atoms with Crippen LogP contribution in [0.2, 0.25) is 0 Å². The van der Waals surface area contributed by atoms with Crippen molar-refractivity contribution in [2.45, 2.75) is 25.7 Å². The summed E-state index contributed by atoms with van der Waals surface area (Å²) in [5.74, 6) is -0.0457. The maximum Gasteiger partial charge on any atom is 0.261 e. The van der Waals surface area contributed by atoms with Gasteiger partial charge in [-0.3, -0.25) is 4.79 Å². The van der Waals surface area contributed by atoms with Gasteiger partial charge < -0.3 is 19.5 Å². The first-order valence-electron chi connectivity index (χ1n) is 11.7. The number of aryl methyl sites for hydroxylation is 1. The van der Waals surface area contributed by atoms with Crippen molar-refractivity contribution in [2.75, 3.05) is 49.6 Å². The van der Waals surface area contributed by atoms with E-state index < -0.39 is 15.9 Å². The van der Waals surface area contributed by atoms with E-state index >= 15 is 0 Å². The molecule has 9 nitrogen and oxygen atoms in total. The van der Waals surface area contributed by atoms with Crippen molar-refractivity contribution >= 4 is 27.3 Å². The van der Waals surface area contributed by atoms with Gasteiger partial charge in [0.2, 0.25) is 10.0 Å². The largest absolute Gasteiger partial charge is 0.378 e. The molecule has 2 heterocycles. The summed E-state index contributed by atoms with van der Waals surface area (Å²) >= 11 is 0. The smallest absolute Gasteiger partial charge is 0.261 e. The summed E-state index contributed by atoms with van der Waals surface area (Å²) in [7, 11) is -3.71. The third-order valence-electron chi connectivity index (χ3n) is 6.05. The zero-order chi connectivity index (χ0) is 25.0. The van der Waals surface area contributed by atoms with Crippen LogP contribution in [0.15, 0.2) is 57.9 Å². The maximum atomic E-state index is 13.5. The molecule has 0 atom stereocenters. The minimum atomic E-state index is -3.71. The summed E-state index contributed by atoms with van der Waals surface area (Å²) in [6, 6.07) is 14.2. The molecule has 1 fully saturated rings. The van der Waals surface area contributed by atoms with E-state index in [1.807, 2.05) is 30.3 Å². The third-order valence-corrected chi connectivity index (χ3v) is 8.09. The Morgan fingerprint density at radius 1 is 1.09 bits per heavy atom. The van der Waals surface area contributed by atoms with Crippen LogP contribution in [0.1, 0.15) is 30.0 Å². The third kappa shape index (κ3) is 5.09. The quantitative estimate of drug-likeness (QED) is 0.504. The van der Waals surface area contributed by atoms with Crippen molar-refractivity contribution in [3.63, 3.8) is 0 Å². The number of carbonyl (C=O) groups excluding carboxylic acids is 1. The predicted molar refractivity (Wildman–Crippen MR) is 134 cm³/mol. The van der Waals surface area contributed by atoms with Crippen molar-refractivity contribution in [3.8, 4) is 11.3 Å². The maximum absolute atomic E-state index is 13.5. The van der Waals surface area contributed by atoms with Gasteiger partial charge in [-0.25, -0.2) is 8.42 Å². The summed E-state index contributed by atoms with van der Waals surface area (Å²) in [5, 5.41) is 7.04. The van der Waals surface area contributed by atoms with E-state index in [4.69, 9.17) is 9.26 Å². The minimum absolute atomic E-state index is 0.124. The zero-order valence-electron chi connectivity index (χ0n) is 20.2. The number of nitrogens with zero attached hydrogens (tertiary/aromatic N) is 3. The monoisotopic (exact) mass is 498 g/mol.